The zero-order chi connectivity index (χ0) is 20.8. The number of ketones is 1. The van der Waals surface area contributed by atoms with Crippen LogP contribution >= 0.6 is 0 Å². The molecule has 1 heteroatoms. The molecule has 4 aliphatic carbocycles. The summed E-state index contributed by atoms with van der Waals surface area (Å²) < 4.78 is 0. The summed E-state index contributed by atoms with van der Waals surface area (Å²) in [7, 11) is 0. The molecule has 0 unspecified atom stereocenters. The van der Waals surface area contributed by atoms with E-state index in [1.807, 2.05) is 0 Å². The lowest BCUT2D eigenvalue weighted by molar-refractivity contribution is -0.122. The number of fused-ring (bicyclic) bond motifs is 5. The van der Waals surface area contributed by atoms with Crippen LogP contribution in [0.3, 0.4) is 0 Å². The van der Waals surface area contributed by atoms with Crippen LogP contribution in [0.1, 0.15) is 112 Å². The molecular weight excluding hydrogens is 352 g/mol. The van der Waals surface area contributed by atoms with Gasteiger partial charge in [0.25, 0.3) is 0 Å². The van der Waals surface area contributed by atoms with Crippen LogP contribution in [0, 0.1) is 46.3 Å². The maximum atomic E-state index is 12.1. The molecule has 0 aromatic heterocycles. The van der Waals surface area contributed by atoms with Gasteiger partial charge in [-0.3, -0.25) is 4.79 Å². The summed E-state index contributed by atoms with van der Waals surface area (Å²) in [6, 6.07) is 0. The molecule has 29 heavy (non-hydrogen) atoms. The molecule has 164 valence electrons. The van der Waals surface area contributed by atoms with Crippen molar-refractivity contribution in [2.45, 2.75) is 112 Å². The number of rotatable bonds is 6. The first-order valence-electron chi connectivity index (χ1n) is 13.0. The van der Waals surface area contributed by atoms with Gasteiger partial charge in [0.2, 0.25) is 0 Å². The second-order valence-electron chi connectivity index (χ2n) is 11.9. The number of hydrogen-bond acceptors (Lipinski definition) is 1. The van der Waals surface area contributed by atoms with Crippen molar-refractivity contribution in [1.29, 1.82) is 0 Å². The lowest BCUT2D eigenvalue weighted by Gasteiger charge is -2.58. The average molecular weight is 399 g/mol. The van der Waals surface area contributed by atoms with Crippen LogP contribution in [0.4, 0.5) is 0 Å². The Kier molecular flexibility index (Phi) is 6.09. The molecule has 0 spiro atoms. The molecular formula is C28H46O. The highest BCUT2D eigenvalue weighted by atomic mass is 16.1. The van der Waals surface area contributed by atoms with Crippen molar-refractivity contribution < 1.29 is 4.79 Å². The van der Waals surface area contributed by atoms with E-state index in [4.69, 9.17) is 0 Å². The van der Waals surface area contributed by atoms with Crippen LogP contribution < -0.4 is 0 Å². The Morgan fingerprint density at radius 1 is 1.03 bits per heavy atom. The zero-order valence-corrected chi connectivity index (χ0v) is 19.9. The second-order valence-corrected chi connectivity index (χ2v) is 11.9. The Morgan fingerprint density at radius 2 is 1.79 bits per heavy atom. The fourth-order valence-corrected chi connectivity index (χ4v) is 8.85. The molecule has 0 N–H and O–H groups in total. The van der Waals surface area contributed by atoms with Gasteiger partial charge < -0.3 is 0 Å². The molecule has 0 bridgehead atoms. The Morgan fingerprint density at radius 3 is 2.52 bits per heavy atom. The predicted molar refractivity (Wildman–Crippen MR) is 123 cm³/mol. The molecule has 0 aromatic rings. The number of allylic oxidation sites excluding steroid dienone is 2. The van der Waals surface area contributed by atoms with E-state index in [0.717, 1.165) is 54.8 Å². The monoisotopic (exact) mass is 398 g/mol. The molecule has 1 nitrogen and oxygen atoms in total. The van der Waals surface area contributed by atoms with Crippen molar-refractivity contribution in [3.8, 4) is 0 Å². The topological polar surface area (TPSA) is 17.1 Å². The van der Waals surface area contributed by atoms with E-state index in [9.17, 15) is 4.79 Å². The van der Waals surface area contributed by atoms with E-state index in [2.05, 4.69) is 40.7 Å². The SMILES string of the molecule is CCC(CC)CC[C@@H](C)[C@H]1CC[C@H]2[C@@H]3CC=C4CC(=O)CC[C@]4(C)[C@H]3CC[C@]12C. The molecule has 0 aromatic carbocycles. The minimum absolute atomic E-state index is 0.331. The Hall–Kier alpha value is -0.590. The average Bonchev–Trinajstić information content (AvgIpc) is 3.06. The molecule has 0 amide bonds. The minimum Gasteiger partial charge on any atom is -0.299 e. The third kappa shape index (κ3) is 3.57. The summed E-state index contributed by atoms with van der Waals surface area (Å²) in [6.45, 7) is 12.5. The first-order chi connectivity index (χ1) is 13.8. The highest BCUT2D eigenvalue weighted by Crippen LogP contribution is 2.67. The second kappa shape index (κ2) is 8.16. The van der Waals surface area contributed by atoms with E-state index in [-0.39, 0.29) is 0 Å². The van der Waals surface area contributed by atoms with Gasteiger partial charge >= 0.3 is 0 Å². The first kappa shape index (κ1) is 21.6. The summed E-state index contributed by atoms with van der Waals surface area (Å²) in [6.07, 6.45) is 17.9. The zero-order valence-electron chi connectivity index (χ0n) is 19.9. The standard InChI is InChI=1S/C28H46O/c1-6-20(7-2)9-8-19(3)24-12-13-25-23-11-10-21-18-22(29)14-16-27(21,4)26(23)15-17-28(24,25)5/h10,19-20,23-26H,6-9,11-18H2,1-5H3/t19-,23+,24-,25+,26+,27+,28-/m1/s1. The third-order valence-corrected chi connectivity index (χ3v) is 10.9. The first-order valence-corrected chi connectivity index (χ1v) is 13.0. The summed E-state index contributed by atoms with van der Waals surface area (Å²) in [5.41, 5.74) is 2.42. The normalized spacial score (nSPS) is 42.8. The molecule has 4 rings (SSSR count). The summed E-state index contributed by atoms with van der Waals surface area (Å²) in [4.78, 5) is 12.1. The summed E-state index contributed by atoms with van der Waals surface area (Å²) in [5, 5.41) is 0. The fourth-order valence-electron chi connectivity index (χ4n) is 8.85. The van der Waals surface area contributed by atoms with Crippen LogP contribution in [0.15, 0.2) is 11.6 Å². The van der Waals surface area contributed by atoms with Gasteiger partial charge in [0.15, 0.2) is 0 Å². The smallest absolute Gasteiger partial charge is 0.136 e. The van der Waals surface area contributed by atoms with Gasteiger partial charge in [0.1, 0.15) is 5.78 Å². The molecule has 0 saturated heterocycles. The molecule has 3 saturated carbocycles. The van der Waals surface area contributed by atoms with E-state index in [1.165, 1.54) is 63.4 Å². The van der Waals surface area contributed by atoms with Crippen molar-refractivity contribution in [1.82, 2.24) is 0 Å². The maximum Gasteiger partial charge on any atom is 0.136 e. The maximum absolute atomic E-state index is 12.1. The molecule has 3 fully saturated rings. The van der Waals surface area contributed by atoms with E-state index in [0.29, 0.717) is 16.6 Å². The fraction of sp³-hybridized carbons (Fsp3) is 0.893. The van der Waals surface area contributed by atoms with Crippen LogP contribution in [0.2, 0.25) is 0 Å². The van der Waals surface area contributed by atoms with Gasteiger partial charge in [0, 0.05) is 12.8 Å². The lowest BCUT2D eigenvalue weighted by Crippen LogP contribution is -2.50. The Labute approximate surface area is 180 Å². The number of carbonyl (C=O) groups excluding carboxylic acids is 1. The lowest BCUT2D eigenvalue weighted by atomic mass is 9.47. The minimum atomic E-state index is 0.331. The summed E-state index contributed by atoms with van der Waals surface area (Å²) in [5.74, 6) is 5.90. The van der Waals surface area contributed by atoms with E-state index in [1.54, 1.807) is 0 Å². The highest BCUT2D eigenvalue weighted by Gasteiger charge is 2.59. The Balaban J connectivity index is 1.49. The third-order valence-electron chi connectivity index (χ3n) is 10.9. The van der Waals surface area contributed by atoms with E-state index < -0.39 is 0 Å². The van der Waals surface area contributed by atoms with Gasteiger partial charge in [-0.1, -0.05) is 72.0 Å². The van der Waals surface area contributed by atoms with Crippen molar-refractivity contribution in [3.63, 3.8) is 0 Å². The van der Waals surface area contributed by atoms with Gasteiger partial charge in [-0.2, -0.15) is 0 Å². The van der Waals surface area contributed by atoms with E-state index >= 15 is 0 Å². The predicted octanol–water partition coefficient (Wildman–Crippen LogP) is 7.99. The van der Waals surface area contributed by atoms with Gasteiger partial charge in [-0.15, -0.1) is 0 Å². The molecule has 0 radical (unpaired) electrons. The van der Waals surface area contributed by atoms with Crippen LogP contribution in [-0.2, 0) is 4.79 Å². The number of carbonyl (C=O) groups is 1. The Bertz CT molecular complexity index is 643. The molecule has 0 heterocycles. The largest absolute Gasteiger partial charge is 0.299 e. The van der Waals surface area contributed by atoms with Crippen molar-refractivity contribution in [2.75, 3.05) is 0 Å². The van der Waals surface area contributed by atoms with Gasteiger partial charge in [-0.05, 0) is 84.9 Å². The van der Waals surface area contributed by atoms with Crippen LogP contribution in [-0.4, -0.2) is 5.78 Å². The van der Waals surface area contributed by atoms with Crippen molar-refractivity contribution >= 4 is 5.78 Å². The van der Waals surface area contributed by atoms with Crippen molar-refractivity contribution in [2.24, 2.45) is 46.3 Å². The molecule has 0 aliphatic heterocycles. The quantitative estimate of drug-likeness (QED) is 0.414. The highest BCUT2D eigenvalue weighted by molar-refractivity contribution is 5.82. The van der Waals surface area contributed by atoms with Gasteiger partial charge in [-0.25, -0.2) is 0 Å². The van der Waals surface area contributed by atoms with Crippen LogP contribution in [0.25, 0.3) is 0 Å². The number of hydrogen-bond donors (Lipinski definition) is 0. The van der Waals surface area contributed by atoms with Gasteiger partial charge in [0.05, 0.1) is 0 Å². The molecule has 4 aliphatic rings. The number of Topliss-reactive ketones (excluding diaryl/α,β-unsaturated/α-hetero) is 1. The van der Waals surface area contributed by atoms with Crippen molar-refractivity contribution in [3.05, 3.63) is 11.6 Å². The molecule has 7 atom stereocenters. The van der Waals surface area contributed by atoms with Crippen LogP contribution in [0.5, 0.6) is 0 Å². The summed E-state index contributed by atoms with van der Waals surface area (Å²) >= 11 is 0.